The first kappa shape index (κ1) is 20.5. The second kappa shape index (κ2) is 7.29. The zero-order chi connectivity index (χ0) is 20.7. The Kier molecular flexibility index (Phi) is 5.33. The van der Waals surface area contributed by atoms with Crippen LogP contribution in [0.4, 0.5) is 13.2 Å². The van der Waals surface area contributed by atoms with E-state index < -0.39 is 32.7 Å². The van der Waals surface area contributed by atoms with Gasteiger partial charge < -0.3 is 9.47 Å². The number of alkyl halides is 3. The molecule has 0 N–H and O–H groups in total. The van der Waals surface area contributed by atoms with Gasteiger partial charge in [0.05, 0.1) is 24.7 Å². The Labute approximate surface area is 161 Å². The standard InChI is InChI=1S/C19H20F3NO4S/c1-12-14-11-17(27-3)16(26-2)10-13(14)8-9-23(12)28(24,25)18-7-5-4-6-15(18)19(20,21)22/h4-7,10-12H,8-9H2,1-3H3. The molecule has 0 saturated carbocycles. The topological polar surface area (TPSA) is 55.8 Å². The van der Waals surface area contributed by atoms with Crippen LogP contribution in [0, 0.1) is 0 Å². The molecule has 152 valence electrons. The van der Waals surface area contributed by atoms with Gasteiger partial charge in [0.25, 0.3) is 0 Å². The van der Waals surface area contributed by atoms with E-state index in [-0.39, 0.29) is 6.54 Å². The first-order valence-corrected chi connectivity index (χ1v) is 9.98. The van der Waals surface area contributed by atoms with Crippen LogP contribution in [0.5, 0.6) is 11.5 Å². The average molecular weight is 415 g/mol. The molecule has 0 aliphatic carbocycles. The van der Waals surface area contributed by atoms with E-state index in [9.17, 15) is 21.6 Å². The Morgan fingerprint density at radius 2 is 1.68 bits per heavy atom. The lowest BCUT2D eigenvalue weighted by molar-refractivity contribution is -0.139. The Hall–Kier alpha value is -2.26. The van der Waals surface area contributed by atoms with Crippen LogP contribution in [-0.2, 0) is 22.6 Å². The first-order chi connectivity index (χ1) is 13.1. The molecular formula is C19H20F3NO4S. The molecule has 1 heterocycles. The zero-order valence-electron chi connectivity index (χ0n) is 15.6. The maximum Gasteiger partial charge on any atom is 0.417 e. The third-order valence-electron chi connectivity index (χ3n) is 4.91. The highest BCUT2D eigenvalue weighted by atomic mass is 32.2. The highest BCUT2D eigenvalue weighted by Crippen LogP contribution is 2.41. The number of ether oxygens (including phenoxy) is 2. The van der Waals surface area contributed by atoms with Crippen molar-refractivity contribution in [3.05, 3.63) is 53.1 Å². The third-order valence-corrected chi connectivity index (χ3v) is 6.94. The number of hydrogen-bond donors (Lipinski definition) is 0. The van der Waals surface area contributed by atoms with Crippen molar-refractivity contribution in [1.29, 1.82) is 0 Å². The van der Waals surface area contributed by atoms with Crippen LogP contribution in [-0.4, -0.2) is 33.5 Å². The second-order valence-electron chi connectivity index (χ2n) is 6.44. The number of benzene rings is 2. The van der Waals surface area contributed by atoms with Gasteiger partial charge in [-0.25, -0.2) is 8.42 Å². The molecule has 5 nitrogen and oxygen atoms in total. The smallest absolute Gasteiger partial charge is 0.417 e. The summed E-state index contributed by atoms with van der Waals surface area (Å²) in [6.07, 6.45) is -4.41. The minimum Gasteiger partial charge on any atom is -0.493 e. The van der Waals surface area contributed by atoms with Gasteiger partial charge in [-0.05, 0) is 48.7 Å². The predicted molar refractivity (Wildman–Crippen MR) is 97.0 cm³/mol. The minimum absolute atomic E-state index is 0.0676. The Bertz CT molecular complexity index is 989. The van der Waals surface area contributed by atoms with Gasteiger partial charge in [0.2, 0.25) is 10.0 Å². The van der Waals surface area contributed by atoms with Gasteiger partial charge in [-0.2, -0.15) is 17.5 Å². The normalized spacial score (nSPS) is 17.9. The van der Waals surface area contributed by atoms with Gasteiger partial charge in [0.1, 0.15) is 0 Å². The summed E-state index contributed by atoms with van der Waals surface area (Å²) in [5, 5.41) is 0. The van der Waals surface area contributed by atoms with Crippen LogP contribution in [0.25, 0.3) is 0 Å². The van der Waals surface area contributed by atoms with Gasteiger partial charge in [-0.3, -0.25) is 0 Å². The number of nitrogens with zero attached hydrogens (tertiary/aromatic N) is 1. The molecule has 1 atom stereocenters. The zero-order valence-corrected chi connectivity index (χ0v) is 16.4. The summed E-state index contributed by atoms with van der Waals surface area (Å²) in [6.45, 7) is 1.72. The van der Waals surface area contributed by atoms with E-state index >= 15 is 0 Å². The van der Waals surface area contributed by atoms with Crippen LogP contribution >= 0.6 is 0 Å². The molecule has 0 saturated heterocycles. The first-order valence-electron chi connectivity index (χ1n) is 8.54. The van der Waals surface area contributed by atoms with Crippen molar-refractivity contribution < 1.29 is 31.1 Å². The fourth-order valence-corrected chi connectivity index (χ4v) is 5.33. The minimum atomic E-state index is -4.77. The molecule has 1 unspecified atom stereocenters. The van der Waals surface area contributed by atoms with E-state index in [1.54, 1.807) is 19.1 Å². The number of rotatable bonds is 4. The summed E-state index contributed by atoms with van der Waals surface area (Å²) in [6, 6.07) is 7.04. The van der Waals surface area contributed by atoms with E-state index in [0.717, 1.165) is 22.0 Å². The summed E-state index contributed by atoms with van der Waals surface area (Å²) >= 11 is 0. The summed E-state index contributed by atoms with van der Waals surface area (Å²) < 4.78 is 78.0. The lowest BCUT2D eigenvalue weighted by Crippen LogP contribution is -2.39. The lowest BCUT2D eigenvalue weighted by Gasteiger charge is -2.35. The molecule has 0 fully saturated rings. The molecule has 2 aromatic carbocycles. The van der Waals surface area contributed by atoms with Crippen molar-refractivity contribution in [2.24, 2.45) is 0 Å². The number of methoxy groups -OCH3 is 2. The third kappa shape index (κ3) is 3.44. The predicted octanol–water partition coefficient (Wildman–Crippen LogP) is 4.03. The highest BCUT2D eigenvalue weighted by Gasteiger charge is 2.41. The highest BCUT2D eigenvalue weighted by molar-refractivity contribution is 7.89. The monoisotopic (exact) mass is 415 g/mol. The van der Waals surface area contributed by atoms with Crippen molar-refractivity contribution >= 4 is 10.0 Å². The van der Waals surface area contributed by atoms with Crippen molar-refractivity contribution in [2.75, 3.05) is 20.8 Å². The molecule has 28 heavy (non-hydrogen) atoms. The van der Waals surface area contributed by atoms with Gasteiger partial charge in [-0.1, -0.05) is 12.1 Å². The summed E-state index contributed by atoms with van der Waals surface area (Å²) in [4.78, 5) is -0.738. The van der Waals surface area contributed by atoms with Gasteiger partial charge in [-0.15, -0.1) is 0 Å². The quantitative estimate of drug-likeness (QED) is 0.757. The summed E-state index contributed by atoms with van der Waals surface area (Å²) in [5.41, 5.74) is 0.387. The van der Waals surface area contributed by atoms with Crippen molar-refractivity contribution in [1.82, 2.24) is 4.31 Å². The van der Waals surface area contributed by atoms with E-state index in [1.165, 1.54) is 26.4 Å². The van der Waals surface area contributed by atoms with E-state index in [2.05, 4.69) is 0 Å². The molecule has 2 aromatic rings. The summed E-state index contributed by atoms with van der Waals surface area (Å²) in [5.74, 6) is 0.954. The largest absolute Gasteiger partial charge is 0.493 e. The van der Waals surface area contributed by atoms with E-state index in [1.807, 2.05) is 0 Å². The fourth-order valence-electron chi connectivity index (χ4n) is 3.50. The van der Waals surface area contributed by atoms with Crippen LogP contribution in [0.15, 0.2) is 41.3 Å². The van der Waals surface area contributed by atoms with Crippen molar-refractivity contribution in [3.8, 4) is 11.5 Å². The van der Waals surface area contributed by atoms with Gasteiger partial charge >= 0.3 is 6.18 Å². The Balaban J connectivity index is 2.07. The van der Waals surface area contributed by atoms with Crippen LogP contribution in [0.3, 0.4) is 0 Å². The molecule has 0 amide bonds. The van der Waals surface area contributed by atoms with E-state index in [4.69, 9.17) is 9.47 Å². The molecule has 3 rings (SSSR count). The maximum absolute atomic E-state index is 13.4. The molecular weight excluding hydrogens is 395 g/mol. The van der Waals surface area contributed by atoms with Crippen molar-refractivity contribution in [2.45, 2.75) is 30.5 Å². The molecule has 0 aromatic heterocycles. The second-order valence-corrected chi connectivity index (χ2v) is 8.30. The van der Waals surface area contributed by atoms with Gasteiger partial charge in [0, 0.05) is 12.6 Å². The molecule has 9 heteroatoms. The van der Waals surface area contributed by atoms with Crippen molar-refractivity contribution in [3.63, 3.8) is 0 Å². The molecule has 0 bridgehead atoms. The Morgan fingerprint density at radius 1 is 1.07 bits per heavy atom. The lowest BCUT2D eigenvalue weighted by atomic mass is 9.94. The summed E-state index contributed by atoms with van der Waals surface area (Å²) in [7, 11) is -1.40. The molecule has 1 aliphatic rings. The van der Waals surface area contributed by atoms with Gasteiger partial charge in [0.15, 0.2) is 11.5 Å². The molecule has 0 spiro atoms. The SMILES string of the molecule is COc1cc2c(cc1OC)C(C)N(S(=O)(=O)c1ccccc1C(F)(F)F)CC2. The fraction of sp³-hybridized carbons (Fsp3) is 0.368. The number of hydrogen-bond acceptors (Lipinski definition) is 4. The van der Waals surface area contributed by atoms with Crippen LogP contribution in [0.1, 0.15) is 29.7 Å². The number of fused-ring (bicyclic) bond motifs is 1. The average Bonchev–Trinajstić information content (AvgIpc) is 2.66. The van der Waals surface area contributed by atoms with Crippen LogP contribution in [0.2, 0.25) is 0 Å². The maximum atomic E-state index is 13.4. The van der Waals surface area contributed by atoms with Crippen LogP contribution < -0.4 is 9.47 Å². The number of sulfonamides is 1. The molecule has 1 aliphatic heterocycles. The Morgan fingerprint density at radius 3 is 2.29 bits per heavy atom. The number of halogens is 3. The van der Waals surface area contributed by atoms with E-state index in [0.29, 0.717) is 23.5 Å². The molecule has 0 radical (unpaired) electrons.